The molecule has 0 saturated heterocycles. The Labute approximate surface area is 123 Å². The van der Waals surface area contributed by atoms with Gasteiger partial charge in [-0.2, -0.15) is 0 Å². The molecular weight excluding hydrogens is 297 g/mol. The van der Waals surface area contributed by atoms with E-state index in [2.05, 4.69) is 0 Å². The van der Waals surface area contributed by atoms with Crippen LogP contribution in [-0.2, 0) is 0 Å². The van der Waals surface area contributed by atoms with E-state index in [1.54, 1.807) is 30.3 Å². The number of halogens is 2. The molecule has 3 rings (SSSR count). The topological polar surface area (TPSA) is 56.3 Å². The molecule has 1 heterocycles. The Morgan fingerprint density at radius 1 is 1.10 bits per heavy atom. The first-order valence-corrected chi connectivity index (χ1v) is 6.57. The molecule has 3 aromatic rings. The fraction of sp³-hybridized carbons (Fsp3) is 0.0667. The molecule has 0 fully saturated rings. The van der Waals surface area contributed by atoms with Crippen molar-refractivity contribution in [1.82, 2.24) is 0 Å². The first-order valence-electron chi connectivity index (χ1n) is 6.13. The summed E-state index contributed by atoms with van der Waals surface area (Å²) in [6, 6.07) is 12.5. The van der Waals surface area contributed by atoms with E-state index in [1.165, 1.54) is 18.2 Å². The van der Waals surface area contributed by atoms with Crippen LogP contribution in [0, 0.1) is 15.9 Å². The van der Waals surface area contributed by atoms with E-state index in [4.69, 9.17) is 16.0 Å². The molecule has 0 aliphatic heterocycles. The summed E-state index contributed by atoms with van der Waals surface area (Å²) in [6.45, 7) is 0. The maximum Gasteiger partial charge on any atom is 0.433 e. The number of nitro groups is 1. The largest absolute Gasteiger partial charge is 0.433 e. The van der Waals surface area contributed by atoms with Crippen molar-refractivity contribution in [2.24, 2.45) is 0 Å². The van der Waals surface area contributed by atoms with Crippen molar-refractivity contribution in [1.29, 1.82) is 0 Å². The predicted molar refractivity (Wildman–Crippen MR) is 77.0 cm³/mol. The zero-order chi connectivity index (χ0) is 15.0. The van der Waals surface area contributed by atoms with Crippen molar-refractivity contribution >= 4 is 28.3 Å². The van der Waals surface area contributed by atoms with Gasteiger partial charge >= 0.3 is 5.88 Å². The third-order valence-electron chi connectivity index (χ3n) is 3.22. The van der Waals surface area contributed by atoms with Crippen LogP contribution in [0.4, 0.5) is 10.3 Å². The average molecular weight is 306 g/mol. The van der Waals surface area contributed by atoms with Crippen LogP contribution in [-0.4, -0.2) is 4.92 Å². The summed E-state index contributed by atoms with van der Waals surface area (Å²) in [5.41, 5.74) is 0.637. The monoisotopic (exact) mass is 305 g/mol. The Balaban J connectivity index is 2.11. The molecule has 1 atom stereocenters. The smallest absolute Gasteiger partial charge is 0.404 e. The van der Waals surface area contributed by atoms with Gasteiger partial charge in [0.2, 0.25) is 0 Å². The highest BCUT2D eigenvalue weighted by molar-refractivity contribution is 6.23. The molecule has 0 bridgehead atoms. The molecule has 0 spiro atoms. The predicted octanol–water partition coefficient (Wildman–Crippen LogP) is 4.81. The first-order chi connectivity index (χ1) is 10.1. The summed E-state index contributed by atoms with van der Waals surface area (Å²) in [7, 11) is 0. The van der Waals surface area contributed by atoms with Crippen molar-refractivity contribution in [3.63, 3.8) is 0 Å². The standard InChI is InChI=1S/C15H9ClFNO3/c16-15(13-7-8-14(21-13)18(19)20)11-5-6-12(17)10-4-2-1-3-9(10)11/h1-8,15H. The van der Waals surface area contributed by atoms with Crippen LogP contribution in [0.2, 0.25) is 0 Å². The average Bonchev–Trinajstić information content (AvgIpc) is 2.97. The zero-order valence-electron chi connectivity index (χ0n) is 10.6. The highest BCUT2D eigenvalue weighted by atomic mass is 35.5. The second-order valence-corrected chi connectivity index (χ2v) is 4.91. The number of furan rings is 1. The van der Waals surface area contributed by atoms with Crippen LogP contribution in [0.25, 0.3) is 10.8 Å². The number of fused-ring (bicyclic) bond motifs is 1. The van der Waals surface area contributed by atoms with Gasteiger partial charge in [0.15, 0.2) is 0 Å². The van der Waals surface area contributed by atoms with Crippen molar-refractivity contribution in [3.8, 4) is 0 Å². The Morgan fingerprint density at radius 2 is 1.81 bits per heavy atom. The lowest BCUT2D eigenvalue weighted by Crippen LogP contribution is -1.94. The Hall–Kier alpha value is -2.40. The first kappa shape index (κ1) is 13.6. The molecule has 106 valence electrons. The van der Waals surface area contributed by atoms with Gasteiger partial charge in [-0.25, -0.2) is 4.39 Å². The van der Waals surface area contributed by atoms with Crippen LogP contribution in [0.1, 0.15) is 16.7 Å². The van der Waals surface area contributed by atoms with Gasteiger partial charge < -0.3 is 4.42 Å². The fourth-order valence-corrected chi connectivity index (χ4v) is 2.54. The molecule has 0 aliphatic rings. The van der Waals surface area contributed by atoms with Gasteiger partial charge in [0.25, 0.3) is 0 Å². The van der Waals surface area contributed by atoms with Gasteiger partial charge in [-0.05, 0) is 23.1 Å². The summed E-state index contributed by atoms with van der Waals surface area (Å²) in [5.74, 6) is -0.467. The van der Waals surface area contributed by atoms with E-state index in [9.17, 15) is 14.5 Å². The summed E-state index contributed by atoms with van der Waals surface area (Å²) in [4.78, 5) is 10.0. The van der Waals surface area contributed by atoms with Crippen molar-refractivity contribution in [3.05, 3.63) is 75.8 Å². The van der Waals surface area contributed by atoms with E-state index < -0.39 is 10.3 Å². The number of hydrogen-bond donors (Lipinski definition) is 0. The Kier molecular flexibility index (Phi) is 3.35. The number of nitrogens with zero attached hydrogens (tertiary/aromatic N) is 1. The van der Waals surface area contributed by atoms with Gasteiger partial charge in [-0.15, -0.1) is 11.6 Å². The van der Waals surface area contributed by atoms with E-state index >= 15 is 0 Å². The zero-order valence-corrected chi connectivity index (χ0v) is 11.4. The van der Waals surface area contributed by atoms with Gasteiger partial charge in [-0.3, -0.25) is 10.1 Å². The summed E-state index contributed by atoms with van der Waals surface area (Å²) < 4.78 is 18.9. The highest BCUT2D eigenvalue weighted by Crippen LogP contribution is 2.36. The van der Waals surface area contributed by atoms with Crippen LogP contribution in [0.15, 0.2) is 52.9 Å². The molecule has 0 saturated carbocycles. The van der Waals surface area contributed by atoms with Crippen LogP contribution < -0.4 is 0 Å². The van der Waals surface area contributed by atoms with E-state index in [0.29, 0.717) is 16.3 Å². The lowest BCUT2D eigenvalue weighted by molar-refractivity contribution is -0.402. The Bertz CT molecular complexity index is 831. The minimum atomic E-state index is -0.732. The summed E-state index contributed by atoms with van der Waals surface area (Å²) >= 11 is 6.34. The molecule has 21 heavy (non-hydrogen) atoms. The second kappa shape index (κ2) is 5.18. The molecule has 4 nitrogen and oxygen atoms in total. The molecule has 1 unspecified atom stereocenters. The van der Waals surface area contributed by atoms with E-state index in [0.717, 1.165) is 0 Å². The molecule has 1 aromatic heterocycles. The van der Waals surface area contributed by atoms with Gasteiger partial charge in [0, 0.05) is 5.39 Å². The van der Waals surface area contributed by atoms with E-state index in [1.807, 2.05) is 0 Å². The maximum absolute atomic E-state index is 13.8. The second-order valence-electron chi connectivity index (χ2n) is 4.48. The third-order valence-corrected chi connectivity index (χ3v) is 3.67. The van der Waals surface area contributed by atoms with Gasteiger partial charge in [0.05, 0.1) is 6.07 Å². The molecule has 0 amide bonds. The number of hydrogen-bond acceptors (Lipinski definition) is 3. The molecule has 0 radical (unpaired) electrons. The Morgan fingerprint density at radius 3 is 2.48 bits per heavy atom. The fourth-order valence-electron chi connectivity index (χ4n) is 2.24. The van der Waals surface area contributed by atoms with Crippen LogP contribution in [0.3, 0.4) is 0 Å². The van der Waals surface area contributed by atoms with Gasteiger partial charge in [0.1, 0.15) is 21.9 Å². The molecule has 2 aromatic carbocycles. The third kappa shape index (κ3) is 2.36. The number of benzene rings is 2. The van der Waals surface area contributed by atoms with Crippen LogP contribution in [0.5, 0.6) is 0 Å². The molecular formula is C15H9ClFNO3. The van der Waals surface area contributed by atoms with Crippen molar-refractivity contribution in [2.45, 2.75) is 5.38 Å². The van der Waals surface area contributed by atoms with E-state index in [-0.39, 0.29) is 17.5 Å². The minimum Gasteiger partial charge on any atom is -0.404 e. The summed E-state index contributed by atoms with van der Waals surface area (Å²) in [5, 5.41) is 11.0. The minimum absolute atomic E-state index is 0.250. The maximum atomic E-state index is 13.8. The lowest BCUT2D eigenvalue weighted by atomic mass is 10.0. The number of alkyl halides is 1. The van der Waals surface area contributed by atoms with Crippen molar-refractivity contribution < 1.29 is 13.7 Å². The normalized spacial score (nSPS) is 12.5. The van der Waals surface area contributed by atoms with Gasteiger partial charge in [-0.1, -0.05) is 30.3 Å². The summed E-state index contributed by atoms with van der Waals surface area (Å²) in [6.07, 6.45) is 0. The molecule has 0 N–H and O–H groups in total. The molecule has 6 heteroatoms. The SMILES string of the molecule is O=[N+]([O-])c1ccc(C(Cl)c2ccc(F)c3ccccc23)o1. The molecule has 0 aliphatic carbocycles. The highest BCUT2D eigenvalue weighted by Gasteiger charge is 2.21. The van der Waals surface area contributed by atoms with Crippen LogP contribution >= 0.6 is 11.6 Å². The lowest BCUT2D eigenvalue weighted by Gasteiger charge is -2.11. The quantitative estimate of drug-likeness (QED) is 0.396. The number of rotatable bonds is 3. The van der Waals surface area contributed by atoms with Crippen molar-refractivity contribution in [2.75, 3.05) is 0 Å².